The van der Waals surface area contributed by atoms with E-state index in [4.69, 9.17) is 14.2 Å². The lowest BCUT2D eigenvalue weighted by Gasteiger charge is -2.58. The Morgan fingerprint density at radius 2 is 1.87 bits per heavy atom. The van der Waals surface area contributed by atoms with Gasteiger partial charge in [-0.25, -0.2) is 4.79 Å². The molecule has 8 nitrogen and oxygen atoms in total. The van der Waals surface area contributed by atoms with Crippen LogP contribution in [0.15, 0.2) is 11.6 Å². The average Bonchev–Trinajstić information content (AvgIpc) is 3.63. The van der Waals surface area contributed by atoms with Crippen LogP contribution in [0.3, 0.4) is 0 Å². The van der Waals surface area contributed by atoms with Crippen LogP contribution in [-0.4, -0.2) is 71.8 Å². The minimum atomic E-state index is -0.391. The Bertz CT molecular complexity index is 1210. The van der Waals surface area contributed by atoms with Crippen molar-refractivity contribution >= 4 is 12.0 Å². The second kappa shape index (κ2) is 12.9. The zero-order valence-corrected chi connectivity index (χ0v) is 29.8. The van der Waals surface area contributed by atoms with Crippen molar-refractivity contribution in [2.24, 2.45) is 46.3 Å². The Hall–Kier alpha value is -1.64. The largest absolute Gasteiger partial charge is 0.446 e. The number of likely N-dealkylation sites (tertiary alicyclic amines) is 1. The molecule has 8 heteroatoms. The molecule has 1 spiro atoms. The Morgan fingerprint density at radius 1 is 1.04 bits per heavy atom. The first-order valence-corrected chi connectivity index (χ1v) is 19.4. The third-order valence-corrected chi connectivity index (χ3v) is 14.8. The number of hydrogen-bond donors (Lipinski definition) is 2. The minimum Gasteiger partial charge on any atom is -0.446 e. The summed E-state index contributed by atoms with van der Waals surface area (Å²) in [5.74, 6) is 3.60. The van der Waals surface area contributed by atoms with Crippen LogP contribution < -0.4 is 5.32 Å². The summed E-state index contributed by atoms with van der Waals surface area (Å²) in [6.07, 6.45) is 15.9. The van der Waals surface area contributed by atoms with Crippen LogP contribution in [0, 0.1) is 46.3 Å². The molecule has 3 saturated carbocycles. The molecule has 7 rings (SSSR count). The van der Waals surface area contributed by atoms with Gasteiger partial charge in [-0.2, -0.15) is 0 Å². The van der Waals surface area contributed by atoms with E-state index in [0.717, 1.165) is 58.0 Å². The second-order valence-electron chi connectivity index (χ2n) is 17.6. The molecular weight excluding hydrogens is 592 g/mol. The first kappa shape index (κ1) is 33.8. The highest BCUT2D eigenvalue weighted by atomic mass is 16.7. The number of aliphatic hydroxyl groups is 1. The standard InChI is InChI=1S/C39H62N2O6/c1-24-12-17-39(45-23-24)26(3)35-33(47-39)21-32-30-11-10-27-20-29(13-15-37(27,4)31(30)14-16-38(32,35)5)46-36(44)40-18-8-6-7-9-34(43)41-22-28(42)19-25(41)2/h10,24-26,28-33,35,42H,6-9,11-23H2,1-5H3,(H,40,44)/t24-,25-,26+,28-,29+,30-,31+,32+,33+,35+,37+,38+,39?/m1/s1. The molecule has 1 unspecified atom stereocenters. The molecule has 2 amide bonds. The van der Waals surface area contributed by atoms with E-state index in [2.05, 4.69) is 39.1 Å². The second-order valence-corrected chi connectivity index (χ2v) is 17.6. The summed E-state index contributed by atoms with van der Waals surface area (Å²) in [5, 5.41) is 12.8. The highest BCUT2D eigenvalue weighted by Crippen LogP contribution is 2.70. The van der Waals surface area contributed by atoms with Crippen molar-refractivity contribution in [1.29, 1.82) is 0 Å². The fourth-order valence-corrected chi connectivity index (χ4v) is 12.2. The Kier molecular flexibility index (Phi) is 9.30. The lowest BCUT2D eigenvalue weighted by molar-refractivity contribution is -0.272. The van der Waals surface area contributed by atoms with Crippen molar-refractivity contribution in [2.75, 3.05) is 19.7 Å². The predicted molar refractivity (Wildman–Crippen MR) is 180 cm³/mol. The molecule has 4 aliphatic carbocycles. The molecule has 0 aromatic heterocycles. The number of unbranched alkanes of at least 4 members (excludes halogenated alkanes) is 2. The van der Waals surface area contributed by atoms with E-state index in [1.54, 1.807) is 4.90 Å². The normalized spacial score (nSPS) is 47.1. The van der Waals surface area contributed by atoms with E-state index >= 15 is 0 Å². The quantitative estimate of drug-likeness (QED) is 0.227. The van der Waals surface area contributed by atoms with Crippen LogP contribution in [0.25, 0.3) is 0 Å². The Balaban J connectivity index is 0.878. The number of nitrogens with one attached hydrogen (secondary N) is 1. The van der Waals surface area contributed by atoms with Crippen molar-refractivity contribution in [2.45, 2.75) is 155 Å². The fourth-order valence-electron chi connectivity index (χ4n) is 12.2. The number of β-amino-alcohol motifs (C(OH)–C–C–N with tert-alkyl or cyclic N) is 1. The fraction of sp³-hybridized carbons (Fsp3) is 0.897. The maximum atomic E-state index is 12.7. The van der Waals surface area contributed by atoms with Gasteiger partial charge in [0.05, 0.1) is 18.8 Å². The molecule has 2 N–H and O–H groups in total. The van der Waals surface area contributed by atoms with Crippen LogP contribution in [-0.2, 0) is 19.0 Å². The molecule has 13 atom stereocenters. The van der Waals surface area contributed by atoms with Gasteiger partial charge in [0.15, 0.2) is 5.79 Å². The molecule has 0 bridgehead atoms. The molecule has 0 aromatic carbocycles. The van der Waals surface area contributed by atoms with E-state index in [1.807, 2.05) is 6.92 Å². The Labute approximate surface area is 283 Å². The van der Waals surface area contributed by atoms with Crippen LogP contribution in [0.5, 0.6) is 0 Å². The van der Waals surface area contributed by atoms with Crippen molar-refractivity contribution in [3.8, 4) is 0 Å². The molecular formula is C39H62N2O6. The first-order chi connectivity index (χ1) is 22.4. The van der Waals surface area contributed by atoms with Gasteiger partial charge < -0.3 is 29.5 Å². The van der Waals surface area contributed by atoms with Gasteiger partial charge in [0, 0.05) is 44.3 Å². The summed E-state index contributed by atoms with van der Waals surface area (Å²) < 4.78 is 19.4. The zero-order valence-electron chi connectivity index (χ0n) is 29.8. The average molecular weight is 655 g/mol. The van der Waals surface area contributed by atoms with E-state index in [9.17, 15) is 14.7 Å². The smallest absolute Gasteiger partial charge is 0.407 e. The van der Waals surface area contributed by atoms with E-state index in [-0.39, 0.29) is 35.3 Å². The number of fused-ring (bicyclic) bond motifs is 7. The van der Waals surface area contributed by atoms with Gasteiger partial charge in [-0.3, -0.25) is 4.79 Å². The Morgan fingerprint density at radius 3 is 2.62 bits per heavy atom. The van der Waals surface area contributed by atoms with Gasteiger partial charge in [-0.05, 0) is 112 Å². The van der Waals surface area contributed by atoms with E-state index < -0.39 is 6.10 Å². The molecule has 3 saturated heterocycles. The lowest BCUT2D eigenvalue weighted by atomic mass is 9.47. The molecule has 3 aliphatic heterocycles. The van der Waals surface area contributed by atoms with Crippen molar-refractivity contribution in [3.05, 3.63) is 11.6 Å². The highest BCUT2D eigenvalue weighted by Gasteiger charge is 2.68. The third-order valence-electron chi connectivity index (χ3n) is 14.8. The predicted octanol–water partition coefficient (Wildman–Crippen LogP) is 6.99. The number of amides is 2. The number of rotatable bonds is 7. The lowest BCUT2D eigenvalue weighted by Crippen LogP contribution is -2.52. The number of alkyl carbamates (subject to hydrolysis) is 1. The highest BCUT2D eigenvalue weighted by molar-refractivity contribution is 5.76. The van der Waals surface area contributed by atoms with Gasteiger partial charge in [-0.1, -0.05) is 45.8 Å². The van der Waals surface area contributed by atoms with Crippen LogP contribution in [0.2, 0.25) is 0 Å². The zero-order chi connectivity index (χ0) is 33.1. The molecule has 47 heavy (non-hydrogen) atoms. The molecule has 6 fully saturated rings. The number of nitrogens with zero attached hydrogens (tertiary/aromatic N) is 1. The summed E-state index contributed by atoms with van der Waals surface area (Å²) >= 11 is 0. The maximum Gasteiger partial charge on any atom is 0.407 e. The number of aliphatic hydroxyl groups excluding tert-OH is 1. The van der Waals surface area contributed by atoms with Crippen LogP contribution in [0.4, 0.5) is 4.79 Å². The van der Waals surface area contributed by atoms with E-state index in [0.29, 0.717) is 73.0 Å². The van der Waals surface area contributed by atoms with Crippen molar-refractivity contribution < 1.29 is 28.9 Å². The monoisotopic (exact) mass is 654 g/mol. The summed E-state index contributed by atoms with van der Waals surface area (Å²) in [6, 6.07) is 0.121. The summed E-state index contributed by atoms with van der Waals surface area (Å²) in [4.78, 5) is 27.0. The first-order valence-electron chi connectivity index (χ1n) is 19.4. The molecule has 0 radical (unpaired) electrons. The number of ether oxygens (including phenoxy) is 3. The number of carbonyl (C=O) groups is 2. The summed E-state index contributed by atoms with van der Waals surface area (Å²) in [6.45, 7) is 13.7. The number of allylic oxidation sites excluding steroid dienone is 1. The topological polar surface area (TPSA) is 97.3 Å². The van der Waals surface area contributed by atoms with Crippen LogP contribution >= 0.6 is 0 Å². The minimum absolute atomic E-state index is 0.0513. The van der Waals surface area contributed by atoms with Gasteiger partial charge in [-0.15, -0.1) is 0 Å². The summed E-state index contributed by atoms with van der Waals surface area (Å²) in [7, 11) is 0. The van der Waals surface area contributed by atoms with Crippen molar-refractivity contribution in [1.82, 2.24) is 10.2 Å². The molecule has 3 heterocycles. The van der Waals surface area contributed by atoms with Crippen molar-refractivity contribution in [3.63, 3.8) is 0 Å². The van der Waals surface area contributed by atoms with Gasteiger partial charge in [0.2, 0.25) is 5.91 Å². The SMILES string of the molecule is C[C@@H]1CCC2(OC1)O[C@H]1C[C@H]3[C@@H]4CC=C5C[C@@H](OC(=O)NCCCCCC(=O)N6C[C@H](O)C[C@H]6C)CC[C@]5(C)[C@H]4CC[C@]3(C)[C@H]1[C@@H]2C. The van der Waals surface area contributed by atoms with Gasteiger partial charge in [0.25, 0.3) is 0 Å². The maximum absolute atomic E-state index is 12.7. The van der Waals surface area contributed by atoms with Gasteiger partial charge >= 0.3 is 6.09 Å². The third kappa shape index (κ3) is 5.98. The summed E-state index contributed by atoms with van der Waals surface area (Å²) in [5.41, 5.74) is 2.06. The van der Waals surface area contributed by atoms with E-state index in [1.165, 1.54) is 31.3 Å². The molecule has 7 aliphatic rings. The molecule has 0 aromatic rings. The van der Waals surface area contributed by atoms with Gasteiger partial charge in [0.1, 0.15) is 6.10 Å². The van der Waals surface area contributed by atoms with Crippen LogP contribution in [0.1, 0.15) is 125 Å². The molecule has 264 valence electrons. The number of carbonyl (C=O) groups excluding carboxylic acids is 2. The number of hydrogen-bond acceptors (Lipinski definition) is 6.